The average Bonchev–Trinajstić information content (AvgIpc) is 3.24. The summed E-state index contributed by atoms with van der Waals surface area (Å²) in [6.45, 7) is 6.33. The van der Waals surface area contributed by atoms with E-state index < -0.39 is 18.2 Å². The Morgan fingerprint density at radius 1 is 0.500 bits per heavy atom. The Balaban J connectivity index is 4.60. The van der Waals surface area contributed by atoms with Gasteiger partial charge in [0.15, 0.2) is 0 Å². The summed E-state index contributed by atoms with van der Waals surface area (Å²) in [6, 6.07) is -0.712. The van der Waals surface area contributed by atoms with Crippen molar-refractivity contribution in [3.8, 4) is 0 Å². The number of nitrogens with one attached hydrogen (secondary N) is 1. The highest BCUT2D eigenvalue weighted by molar-refractivity contribution is 5.77. The zero-order chi connectivity index (χ0) is 43.8. The van der Waals surface area contributed by atoms with E-state index in [2.05, 4.69) is 86.8 Å². The summed E-state index contributed by atoms with van der Waals surface area (Å²) in [5.41, 5.74) is 0. The molecule has 6 nitrogen and oxygen atoms in total. The minimum atomic E-state index is -0.796. The molecule has 0 rings (SSSR count). The van der Waals surface area contributed by atoms with Crippen molar-refractivity contribution >= 4 is 11.9 Å². The molecule has 0 spiro atoms. The third kappa shape index (κ3) is 42.3. The SMILES string of the molecule is CC/C=C/C=C/C=C/CCCCCCCC(CC(=O)NC(CO)C(O)CCCCCCCCCCCC)OC(=O)CCCCCCC/C=C/C=C/CCCCCCCCC. The van der Waals surface area contributed by atoms with E-state index >= 15 is 0 Å². The molecule has 0 fully saturated rings. The first kappa shape index (κ1) is 57.6. The summed E-state index contributed by atoms with van der Waals surface area (Å²) in [5.74, 6) is -0.512. The minimum Gasteiger partial charge on any atom is -0.462 e. The van der Waals surface area contributed by atoms with Crippen LogP contribution in [0.25, 0.3) is 0 Å². The average molecular weight is 840 g/mol. The van der Waals surface area contributed by atoms with E-state index in [0.29, 0.717) is 19.3 Å². The second-order valence-electron chi connectivity index (χ2n) is 17.3. The Bertz CT molecular complexity index is 1080. The number of ether oxygens (including phenoxy) is 1. The van der Waals surface area contributed by atoms with Crippen molar-refractivity contribution < 1.29 is 24.5 Å². The molecule has 0 aromatic carbocycles. The summed E-state index contributed by atoms with van der Waals surface area (Å²) in [6.07, 6.45) is 58.5. The maximum atomic E-state index is 13.2. The van der Waals surface area contributed by atoms with E-state index in [9.17, 15) is 19.8 Å². The molecule has 0 saturated heterocycles. The van der Waals surface area contributed by atoms with Gasteiger partial charge in [-0.25, -0.2) is 0 Å². The van der Waals surface area contributed by atoms with Gasteiger partial charge < -0.3 is 20.3 Å². The molecule has 1 amide bonds. The highest BCUT2D eigenvalue weighted by atomic mass is 16.5. The van der Waals surface area contributed by atoms with Crippen LogP contribution in [0.4, 0.5) is 0 Å². The lowest BCUT2D eigenvalue weighted by molar-refractivity contribution is -0.151. The maximum absolute atomic E-state index is 13.2. The van der Waals surface area contributed by atoms with E-state index in [4.69, 9.17) is 4.74 Å². The van der Waals surface area contributed by atoms with Crippen molar-refractivity contribution in [1.82, 2.24) is 5.32 Å². The monoisotopic (exact) mass is 840 g/mol. The van der Waals surface area contributed by atoms with Gasteiger partial charge in [0.05, 0.1) is 25.2 Å². The smallest absolute Gasteiger partial charge is 0.306 e. The summed E-state index contributed by atoms with van der Waals surface area (Å²) >= 11 is 0. The van der Waals surface area contributed by atoms with Crippen LogP contribution in [0.1, 0.15) is 245 Å². The molecule has 0 bridgehead atoms. The fraction of sp³-hybridized carbons (Fsp3) is 0.778. The molecular weight excluding hydrogens is 743 g/mol. The molecule has 3 N–H and O–H groups in total. The minimum absolute atomic E-state index is 0.0564. The molecule has 0 aliphatic rings. The lowest BCUT2D eigenvalue weighted by Gasteiger charge is -2.24. The predicted octanol–water partition coefficient (Wildman–Crippen LogP) is 15.2. The number of aliphatic hydroxyl groups excluding tert-OH is 2. The zero-order valence-corrected chi connectivity index (χ0v) is 39.6. The van der Waals surface area contributed by atoms with Gasteiger partial charge >= 0.3 is 5.97 Å². The maximum Gasteiger partial charge on any atom is 0.306 e. The topological polar surface area (TPSA) is 95.9 Å². The lowest BCUT2D eigenvalue weighted by atomic mass is 10.0. The second kappa shape index (κ2) is 47.6. The van der Waals surface area contributed by atoms with E-state index in [1.165, 1.54) is 96.3 Å². The number of hydrogen-bond acceptors (Lipinski definition) is 5. The normalized spacial score (nSPS) is 13.8. The summed E-state index contributed by atoms with van der Waals surface area (Å²) in [4.78, 5) is 26.1. The lowest BCUT2D eigenvalue weighted by Crippen LogP contribution is -2.46. The Kier molecular flexibility index (Phi) is 45.7. The Morgan fingerprint density at radius 2 is 0.900 bits per heavy atom. The number of amides is 1. The molecule has 60 heavy (non-hydrogen) atoms. The van der Waals surface area contributed by atoms with Crippen LogP contribution in [0.3, 0.4) is 0 Å². The van der Waals surface area contributed by atoms with Crippen LogP contribution in [0.15, 0.2) is 60.8 Å². The molecule has 3 atom stereocenters. The first-order chi connectivity index (χ1) is 29.5. The van der Waals surface area contributed by atoms with Gasteiger partial charge in [-0.1, -0.05) is 223 Å². The van der Waals surface area contributed by atoms with Gasteiger partial charge in [0.25, 0.3) is 0 Å². The van der Waals surface area contributed by atoms with Crippen molar-refractivity contribution in [2.45, 2.75) is 264 Å². The number of rotatable bonds is 45. The van der Waals surface area contributed by atoms with Crippen LogP contribution in [-0.4, -0.2) is 46.9 Å². The Labute approximate surface area is 371 Å². The van der Waals surface area contributed by atoms with E-state index in [1.807, 2.05) is 0 Å². The van der Waals surface area contributed by atoms with Gasteiger partial charge in [0.1, 0.15) is 6.10 Å². The van der Waals surface area contributed by atoms with Gasteiger partial charge in [-0.05, 0) is 70.6 Å². The van der Waals surface area contributed by atoms with Crippen molar-refractivity contribution in [2.75, 3.05) is 6.61 Å². The number of allylic oxidation sites excluding steroid dienone is 10. The molecule has 0 radical (unpaired) electrons. The van der Waals surface area contributed by atoms with E-state index in [-0.39, 0.29) is 24.9 Å². The molecule has 348 valence electrons. The molecule has 3 unspecified atom stereocenters. The fourth-order valence-corrected chi connectivity index (χ4v) is 7.54. The number of unbranched alkanes of at least 4 members (excludes halogenated alkanes) is 26. The highest BCUT2D eigenvalue weighted by Crippen LogP contribution is 2.17. The van der Waals surface area contributed by atoms with Crippen molar-refractivity contribution in [1.29, 1.82) is 0 Å². The first-order valence-corrected chi connectivity index (χ1v) is 25.6. The summed E-state index contributed by atoms with van der Waals surface area (Å²) in [5, 5.41) is 23.7. The van der Waals surface area contributed by atoms with Crippen LogP contribution in [0, 0.1) is 0 Å². The van der Waals surface area contributed by atoms with E-state index in [1.54, 1.807) is 0 Å². The molecule has 0 aliphatic carbocycles. The second-order valence-corrected chi connectivity index (χ2v) is 17.3. The first-order valence-electron chi connectivity index (χ1n) is 25.6. The largest absolute Gasteiger partial charge is 0.462 e. The van der Waals surface area contributed by atoms with Crippen molar-refractivity contribution in [3.05, 3.63) is 60.8 Å². The molecule has 0 aliphatic heterocycles. The molecule has 0 heterocycles. The third-order valence-corrected chi connectivity index (χ3v) is 11.4. The van der Waals surface area contributed by atoms with Crippen LogP contribution in [-0.2, 0) is 14.3 Å². The predicted molar refractivity (Wildman–Crippen MR) is 259 cm³/mol. The van der Waals surface area contributed by atoms with Gasteiger partial charge in [0, 0.05) is 6.42 Å². The number of aliphatic hydroxyl groups is 2. The van der Waals surface area contributed by atoms with Crippen LogP contribution in [0.2, 0.25) is 0 Å². The molecule has 0 saturated carbocycles. The molecule has 0 aromatic rings. The van der Waals surface area contributed by atoms with Crippen molar-refractivity contribution in [3.63, 3.8) is 0 Å². The summed E-state index contributed by atoms with van der Waals surface area (Å²) in [7, 11) is 0. The third-order valence-electron chi connectivity index (χ3n) is 11.4. The fourth-order valence-electron chi connectivity index (χ4n) is 7.54. The van der Waals surface area contributed by atoms with E-state index in [0.717, 1.165) is 103 Å². The summed E-state index contributed by atoms with van der Waals surface area (Å²) < 4.78 is 5.92. The van der Waals surface area contributed by atoms with Crippen molar-refractivity contribution in [2.24, 2.45) is 0 Å². The Hall–Kier alpha value is -2.44. The van der Waals surface area contributed by atoms with Crippen LogP contribution < -0.4 is 5.32 Å². The molecular formula is C54H97NO5. The quantitative estimate of drug-likeness (QED) is 0.0322. The van der Waals surface area contributed by atoms with Gasteiger partial charge in [-0.2, -0.15) is 0 Å². The van der Waals surface area contributed by atoms with Crippen LogP contribution in [0.5, 0.6) is 0 Å². The molecule has 6 heteroatoms. The van der Waals surface area contributed by atoms with Gasteiger partial charge in [0.2, 0.25) is 5.91 Å². The number of hydrogen-bond donors (Lipinski definition) is 3. The highest BCUT2D eigenvalue weighted by Gasteiger charge is 2.24. The molecule has 0 aromatic heterocycles. The standard InChI is InChI=1S/C54H97NO5/c1-4-7-10-13-16-19-22-24-25-26-27-28-30-32-35-38-41-44-47-54(59)60-50(45-42-39-36-33-31-29-23-20-17-14-11-8-5-2)48-53(58)55-51(49-56)52(57)46-43-40-37-34-21-18-15-12-9-6-3/h8,11,14,17,20,23,25-28,50-52,56-57H,4-7,9-10,12-13,15-16,18-19,21-22,24,29-49H2,1-3H3,(H,55,58)/b11-8+,17-14+,23-20+,26-25+,28-27+. The van der Waals surface area contributed by atoms with Crippen LogP contribution >= 0.6 is 0 Å². The zero-order valence-electron chi connectivity index (χ0n) is 39.6. The number of esters is 1. The number of carbonyl (C=O) groups is 2. The number of carbonyl (C=O) groups excluding carboxylic acids is 2. The Morgan fingerprint density at radius 3 is 1.37 bits per heavy atom. The van der Waals surface area contributed by atoms with Gasteiger partial charge in [-0.3, -0.25) is 9.59 Å². The van der Waals surface area contributed by atoms with Gasteiger partial charge in [-0.15, -0.1) is 0 Å².